The van der Waals surface area contributed by atoms with Crippen LogP contribution in [0.4, 0.5) is 13.2 Å². The molecule has 1 aliphatic rings. The Hall–Kier alpha value is -2.63. The van der Waals surface area contributed by atoms with Gasteiger partial charge >= 0.3 is 6.18 Å². The van der Waals surface area contributed by atoms with Gasteiger partial charge < -0.3 is 16.1 Å². The van der Waals surface area contributed by atoms with Gasteiger partial charge in [0.15, 0.2) is 0 Å². The van der Waals surface area contributed by atoms with Gasteiger partial charge in [-0.15, -0.1) is 0 Å². The number of rotatable bonds is 2. The van der Waals surface area contributed by atoms with Crippen molar-refractivity contribution in [3.63, 3.8) is 0 Å². The van der Waals surface area contributed by atoms with E-state index in [-0.39, 0.29) is 67.5 Å². The quantitative estimate of drug-likeness (QED) is 0.332. The van der Waals surface area contributed by atoms with Crippen molar-refractivity contribution in [1.29, 1.82) is 0 Å². The average Bonchev–Trinajstić information content (AvgIpc) is 3.00. The summed E-state index contributed by atoms with van der Waals surface area (Å²) < 4.78 is 41.1. The molecule has 190 valence electrons. The third kappa shape index (κ3) is 4.27. The minimum Gasteiger partial charge on any atom is -0.506 e. The molecule has 0 saturated heterocycles. The Kier molecular flexibility index (Phi) is 8.25. The molecule has 5 rings (SSSR count). The van der Waals surface area contributed by atoms with E-state index in [1.165, 1.54) is 0 Å². The number of hydrogen-bond acceptors (Lipinski definition) is 3. The molecular formula is C26H22F3GdNO5. The second-order valence-corrected chi connectivity index (χ2v) is 8.61. The van der Waals surface area contributed by atoms with Crippen LogP contribution in [0.15, 0.2) is 71.5 Å². The van der Waals surface area contributed by atoms with E-state index in [0.717, 1.165) is 26.8 Å². The van der Waals surface area contributed by atoms with E-state index in [9.17, 15) is 27.9 Å². The number of aromatic hydroxyl groups is 1. The Labute approximate surface area is 235 Å². The number of hydrogen-bond donors (Lipinski definition) is 1. The number of carbonyl (C=O) groups excluding carboxylic acids is 1. The molecule has 36 heavy (non-hydrogen) atoms. The van der Waals surface area contributed by atoms with Crippen molar-refractivity contribution >= 4 is 16.7 Å². The maximum Gasteiger partial charge on any atom is 0.455 e. The fraction of sp³-hybridized carbons (Fsp3) is 0.154. The van der Waals surface area contributed by atoms with Gasteiger partial charge in [-0.25, -0.2) is 0 Å². The summed E-state index contributed by atoms with van der Waals surface area (Å²) in [6, 6.07) is 19.0. The van der Waals surface area contributed by atoms with E-state index >= 15 is 0 Å². The van der Waals surface area contributed by atoms with Crippen LogP contribution in [0, 0.1) is 39.9 Å². The second-order valence-electron chi connectivity index (χ2n) is 8.61. The number of nitrogens with zero attached hydrogens (tertiary/aromatic N) is 1. The van der Waals surface area contributed by atoms with Crippen LogP contribution >= 0.6 is 0 Å². The van der Waals surface area contributed by atoms with Gasteiger partial charge in [-0.05, 0) is 46.5 Å². The molecule has 0 unspecified atom stereocenters. The summed E-state index contributed by atoms with van der Waals surface area (Å²) in [7, 11) is 0. The van der Waals surface area contributed by atoms with Crippen molar-refractivity contribution in [2.24, 2.45) is 0 Å². The third-order valence-corrected chi connectivity index (χ3v) is 6.35. The molecule has 0 saturated carbocycles. The van der Waals surface area contributed by atoms with Crippen LogP contribution in [0.1, 0.15) is 35.3 Å². The van der Waals surface area contributed by atoms with E-state index in [0.29, 0.717) is 0 Å². The van der Waals surface area contributed by atoms with Gasteiger partial charge in [0.1, 0.15) is 11.3 Å². The Morgan fingerprint density at radius 3 is 2.08 bits per heavy atom. The van der Waals surface area contributed by atoms with Crippen molar-refractivity contribution in [1.82, 2.24) is 4.57 Å². The predicted molar refractivity (Wildman–Crippen MR) is 126 cm³/mol. The zero-order chi connectivity index (χ0) is 23.7. The first-order chi connectivity index (χ1) is 15.5. The summed E-state index contributed by atoms with van der Waals surface area (Å²) in [5, 5.41) is 10.8. The fourth-order valence-electron chi connectivity index (χ4n) is 4.75. The first-order valence-electron chi connectivity index (χ1n) is 10.3. The molecule has 1 aliphatic carbocycles. The molecule has 10 heteroatoms. The maximum atomic E-state index is 13.3. The number of aromatic nitrogens is 1. The van der Waals surface area contributed by atoms with E-state index < -0.39 is 34.2 Å². The summed E-state index contributed by atoms with van der Waals surface area (Å²) in [5.41, 5.74) is 1.09. The van der Waals surface area contributed by atoms with Gasteiger partial charge in [-0.1, -0.05) is 56.3 Å². The van der Waals surface area contributed by atoms with Crippen molar-refractivity contribution in [2.75, 3.05) is 0 Å². The van der Waals surface area contributed by atoms with Crippen LogP contribution in [0.5, 0.6) is 5.75 Å². The fourth-order valence-corrected chi connectivity index (χ4v) is 4.75. The summed E-state index contributed by atoms with van der Waals surface area (Å²) in [4.78, 5) is 25.4. The number of halogens is 3. The number of fused-ring (bicyclic) bond motifs is 4. The zero-order valence-corrected chi connectivity index (χ0v) is 21.3. The van der Waals surface area contributed by atoms with Gasteiger partial charge in [0.25, 0.3) is 11.3 Å². The minimum atomic E-state index is -5.32. The van der Waals surface area contributed by atoms with Gasteiger partial charge in [0, 0.05) is 56.4 Å². The van der Waals surface area contributed by atoms with E-state index in [4.69, 9.17) is 0 Å². The van der Waals surface area contributed by atoms with Crippen LogP contribution in [-0.2, 0) is 5.41 Å². The number of pyridine rings is 1. The number of para-hydroxylation sites is 1. The number of carbonyl (C=O) groups is 1. The summed E-state index contributed by atoms with van der Waals surface area (Å²) in [5.74, 6) is -3.34. The van der Waals surface area contributed by atoms with Gasteiger partial charge in [-0.2, -0.15) is 13.2 Å². The molecule has 5 N–H and O–H groups in total. The van der Waals surface area contributed by atoms with Crippen molar-refractivity contribution in [3.05, 3.63) is 93.8 Å². The first kappa shape index (κ1) is 29.6. The predicted octanol–water partition coefficient (Wildman–Crippen LogP) is 4.10. The molecule has 0 atom stereocenters. The number of Topliss-reactive ketones (excluding diaryl/α,β-unsaturated/α-hetero) is 1. The SMILES string of the molecule is CC1(C)c2ccccc2-c2cc3c(O)c(C(=O)C(F)(F)F)c(=O)n(-c4ccccc4)c3cc21.O.O.[Gd]. The Balaban J connectivity index is 0.00000152. The van der Waals surface area contributed by atoms with Crippen LogP contribution in [0.3, 0.4) is 0 Å². The zero-order valence-electron chi connectivity index (χ0n) is 19.0. The van der Waals surface area contributed by atoms with E-state index in [1.54, 1.807) is 42.5 Å². The van der Waals surface area contributed by atoms with Crippen LogP contribution < -0.4 is 5.56 Å². The monoisotopic (exact) mass is 643 g/mol. The van der Waals surface area contributed by atoms with Gasteiger partial charge in [0.2, 0.25) is 0 Å². The number of alkyl halides is 3. The Morgan fingerprint density at radius 1 is 0.889 bits per heavy atom. The first-order valence-corrected chi connectivity index (χ1v) is 10.3. The third-order valence-electron chi connectivity index (χ3n) is 6.35. The summed E-state index contributed by atoms with van der Waals surface area (Å²) >= 11 is 0. The van der Waals surface area contributed by atoms with Crippen LogP contribution in [-0.4, -0.2) is 32.6 Å². The van der Waals surface area contributed by atoms with Gasteiger partial charge in [-0.3, -0.25) is 14.2 Å². The molecule has 0 radical (unpaired) electrons. The second kappa shape index (κ2) is 10.0. The molecular weight excluding hydrogens is 621 g/mol. The normalized spacial score (nSPS) is 13.0. The van der Waals surface area contributed by atoms with Crippen LogP contribution in [0.2, 0.25) is 0 Å². The molecule has 4 aromatic rings. The van der Waals surface area contributed by atoms with Gasteiger partial charge in [0.05, 0.1) is 5.52 Å². The number of benzene rings is 3. The topological polar surface area (TPSA) is 122 Å². The minimum absolute atomic E-state index is 0. The maximum absolute atomic E-state index is 13.3. The molecule has 0 bridgehead atoms. The summed E-state index contributed by atoms with van der Waals surface area (Å²) in [6.45, 7) is 4.05. The van der Waals surface area contributed by atoms with E-state index in [1.807, 2.05) is 38.1 Å². The van der Waals surface area contributed by atoms with Crippen molar-refractivity contribution < 1.29 is 74.0 Å². The van der Waals surface area contributed by atoms with E-state index in [2.05, 4.69) is 0 Å². The molecule has 0 amide bonds. The van der Waals surface area contributed by atoms with Crippen LogP contribution in [0.25, 0.3) is 27.7 Å². The molecule has 1 heterocycles. The largest absolute Gasteiger partial charge is 0.506 e. The molecule has 0 fully saturated rings. The van der Waals surface area contributed by atoms with Crippen molar-refractivity contribution in [3.8, 4) is 22.6 Å². The number of ketones is 1. The molecule has 0 spiro atoms. The molecule has 3 aromatic carbocycles. The van der Waals surface area contributed by atoms with Crippen molar-refractivity contribution in [2.45, 2.75) is 25.4 Å². The molecule has 1 aromatic heterocycles. The molecule has 6 nitrogen and oxygen atoms in total. The standard InChI is InChI=1S/C26H18F3NO3.Gd.2H2O/c1-25(2)18-11-7-6-10-15(18)16-12-17-20(13-19(16)25)30(14-8-4-3-5-9-14)24(33)21(22(17)31)23(32)26(27,28)29;;;/h3-13,31H,1-2H3;;2*1H2. The Morgan fingerprint density at radius 2 is 1.47 bits per heavy atom. The Bertz CT molecular complexity index is 1530. The smallest absolute Gasteiger partial charge is 0.455 e. The summed E-state index contributed by atoms with van der Waals surface area (Å²) in [6.07, 6.45) is -5.32. The molecule has 0 aliphatic heterocycles. The average molecular weight is 643 g/mol.